The van der Waals surface area contributed by atoms with Gasteiger partial charge in [0.1, 0.15) is 0 Å². The molecule has 1 atom stereocenters. The summed E-state index contributed by atoms with van der Waals surface area (Å²) in [6.07, 6.45) is 6.20. The third kappa shape index (κ3) is 6.62. The summed E-state index contributed by atoms with van der Waals surface area (Å²) in [6, 6.07) is 0.729. The van der Waals surface area contributed by atoms with Gasteiger partial charge in [-0.15, -0.1) is 0 Å². The highest BCUT2D eigenvalue weighted by molar-refractivity contribution is 4.63. The number of unbranched alkanes of at least 4 members (excludes halogenated alkanes) is 1. The minimum absolute atomic E-state index is 0.729. The van der Waals surface area contributed by atoms with E-state index < -0.39 is 0 Å². The lowest BCUT2D eigenvalue weighted by Crippen LogP contribution is -2.29. The molecule has 0 aliphatic heterocycles. The quantitative estimate of drug-likeness (QED) is 0.549. The van der Waals surface area contributed by atoms with Crippen molar-refractivity contribution in [1.29, 1.82) is 0 Å². The van der Waals surface area contributed by atoms with Gasteiger partial charge in [0.15, 0.2) is 0 Å². The summed E-state index contributed by atoms with van der Waals surface area (Å²) >= 11 is 0. The SMILES string of the molecule is CCCC(CC)NCCCCN. The molecule has 0 bridgehead atoms. The lowest BCUT2D eigenvalue weighted by atomic mass is 10.1. The fraction of sp³-hybridized carbons (Fsp3) is 1.00. The molecule has 3 N–H and O–H groups in total. The van der Waals surface area contributed by atoms with Crippen molar-refractivity contribution in [3.05, 3.63) is 0 Å². The molecule has 2 heteroatoms. The van der Waals surface area contributed by atoms with Crippen LogP contribution in [0.3, 0.4) is 0 Å². The first-order valence-corrected chi connectivity index (χ1v) is 5.28. The monoisotopic (exact) mass is 172 g/mol. The van der Waals surface area contributed by atoms with E-state index in [-0.39, 0.29) is 0 Å². The highest BCUT2D eigenvalue weighted by Gasteiger charge is 2.01. The van der Waals surface area contributed by atoms with Crippen LogP contribution in [0.2, 0.25) is 0 Å². The molecule has 0 fully saturated rings. The summed E-state index contributed by atoms with van der Waals surface area (Å²) in [6.45, 7) is 6.45. The fourth-order valence-electron chi connectivity index (χ4n) is 1.37. The lowest BCUT2D eigenvalue weighted by Gasteiger charge is -2.15. The predicted molar refractivity (Wildman–Crippen MR) is 55.3 cm³/mol. The van der Waals surface area contributed by atoms with E-state index in [2.05, 4.69) is 19.2 Å². The van der Waals surface area contributed by atoms with Crippen LogP contribution in [0.4, 0.5) is 0 Å². The van der Waals surface area contributed by atoms with Crippen LogP contribution in [0.25, 0.3) is 0 Å². The summed E-state index contributed by atoms with van der Waals surface area (Å²) in [5.41, 5.74) is 5.41. The number of nitrogens with one attached hydrogen (secondary N) is 1. The molecule has 0 aromatic carbocycles. The largest absolute Gasteiger partial charge is 0.330 e. The molecule has 0 saturated carbocycles. The molecule has 0 spiro atoms. The second kappa shape index (κ2) is 9.01. The molecule has 0 amide bonds. The van der Waals surface area contributed by atoms with E-state index in [9.17, 15) is 0 Å². The van der Waals surface area contributed by atoms with Crippen molar-refractivity contribution in [3.63, 3.8) is 0 Å². The first-order chi connectivity index (χ1) is 5.85. The highest BCUT2D eigenvalue weighted by atomic mass is 14.9. The van der Waals surface area contributed by atoms with Crippen LogP contribution in [0.15, 0.2) is 0 Å². The van der Waals surface area contributed by atoms with Crippen molar-refractivity contribution in [2.75, 3.05) is 13.1 Å². The van der Waals surface area contributed by atoms with Crippen LogP contribution in [-0.2, 0) is 0 Å². The summed E-state index contributed by atoms with van der Waals surface area (Å²) in [5.74, 6) is 0. The predicted octanol–water partition coefficient (Wildman–Crippen LogP) is 1.89. The van der Waals surface area contributed by atoms with E-state index in [4.69, 9.17) is 5.73 Å². The normalized spacial score (nSPS) is 13.2. The first kappa shape index (κ1) is 11.9. The molecule has 74 valence electrons. The second-order valence-corrected chi connectivity index (χ2v) is 3.34. The van der Waals surface area contributed by atoms with Gasteiger partial charge in [0.2, 0.25) is 0 Å². The molecular weight excluding hydrogens is 148 g/mol. The van der Waals surface area contributed by atoms with Gasteiger partial charge in [-0.25, -0.2) is 0 Å². The Morgan fingerprint density at radius 3 is 2.50 bits per heavy atom. The van der Waals surface area contributed by atoms with Gasteiger partial charge < -0.3 is 11.1 Å². The minimum Gasteiger partial charge on any atom is -0.330 e. The van der Waals surface area contributed by atoms with Gasteiger partial charge in [-0.05, 0) is 38.8 Å². The van der Waals surface area contributed by atoms with Gasteiger partial charge in [-0.3, -0.25) is 0 Å². The Morgan fingerprint density at radius 2 is 2.00 bits per heavy atom. The topological polar surface area (TPSA) is 38.0 Å². The molecule has 1 unspecified atom stereocenters. The second-order valence-electron chi connectivity index (χ2n) is 3.34. The van der Waals surface area contributed by atoms with E-state index in [0.717, 1.165) is 25.6 Å². The zero-order valence-corrected chi connectivity index (χ0v) is 8.60. The Hall–Kier alpha value is -0.0800. The van der Waals surface area contributed by atoms with Crippen LogP contribution in [0, 0.1) is 0 Å². The van der Waals surface area contributed by atoms with Gasteiger partial charge in [-0.1, -0.05) is 20.3 Å². The molecule has 0 aromatic rings. The van der Waals surface area contributed by atoms with Crippen molar-refractivity contribution in [3.8, 4) is 0 Å². The third-order valence-electron chi connectivity index (χ3n) is 2.19. The maximum atomic E-state index is 5.41. The lowest BCUT2D eigenvalue weighted by molar-refractivity contribution is 0.456. The van der Waals surface area contributed by atoms with Crippen LogP contribution in [-0.4, -0.2) is 19.1 Å². The Balaban J connectivity index is 3.19. The van der Waals surface area contributed by atoms with Gasteiger partial charge in [0.25, 0.3) is 0 Å². The summed E-state index contributed by atoms with van der Waals surface area (Å²) < 4.78 is 0. The number of hydrogen-bond acceptors (Lipinski definition) is 2. The molecule has 0 heterocycles. The van der Waals surface area contributed by atoms with Crippen molar-refractivity contribution in [1.82, 2.24) is 5.32 Å². The van der Waals surface area contributed by atoms with Crippen LogP contribution < -0.4 is 11.1 Å². The standard InChI is InChI=1S/C10H24N2/c1-3-7-10(4-2)12-9-6-5-8-11/h10,12H,3-9,11H2,1-2H3. The average molecular weight is 172 g/mol. The Bertz CT molecular complexity index is 83.9. The molecule has 12 heavy (non-hydrogen) atoms. The number of rotatable bonds is 8. The average Bonchev–Trinajstić information content (AvgIpc) is 2.10. The molecule has 0 radical (unpaired) electrons. The van der Waals surface area contributed by atoms with Crippen LogP contribution in [0.1, 0.15) is 46.0 Å². The number of hydrogen-bond donors (Lipinski definition) is 2. The molecule has 0 aromatic heterocycles. The molecular formula is C10H24N2. The van der Waals surface area contributed by atoms with Crippen LogP contribution in [0.5, 0.6) is 0 Å². The maximum Gasteiger partial charge on any atom is 0.00643 e. The molecule has 0 aliphatic rings. The van der Waals surface area contributed by atoms with Crippen molar-refractivity contribution >= 4 is 0 Å². The summed E-state index contributed by atoms with van der Waals surface area (Å²) in [7, 11) is 0. The zero-order valence-electron chi connectivity index (χ0n) is 8.60. The van der Waals surface area contributed by atoms with Crippen molar-refractivity contribution < 1.29 is 0 Å². The highest BCUT2D eigenvalue weighted by Crippen LogP contribution is 2.00. The zero-order chi connectivity index (χ0) is 9.23. The van der Waals surface area contributed by atoms with Gasteiger partial charge >= 0.3 is 0 Å². The summed E-state index contributed by atoms with van der Waals surface area (Å²) in [4.78, 5) is 0. The van der Waals surface area contributed by atoms with E-state index in [1.165, 1.54) is 25.7 Å². The third-order valence-corrected chi connectivity index (χ3v) is 2.19. The molecule has 0 aliphatic carbocycles. The van der Waals surface area contributed by atoms with Gasteiger partial charge in [-0.2, -0.15) is 0 Å². The molecule has 0 saturated heterocycles. The van der Waals surface area contributed by atoms with Crippen molar-refractivity contribution in [2.24, 2.45) is 5.73 Å². The minimum atomic E-state index is 0.729. The number of nitrogens with two attached hydrogens (primary N) is 1. The maximum absolute atomic E-state index is 5.41. The van der Waals surface area contributed by atoms with Crippen LogP contribution >= 0.6 is 0 Å². The molecule has 0 rings (SSSR count). The van der Waals surface area contributed by atoms with E-state index in [1.807, 2.05) is 0 Å². The van der Waals surface area contributed by atoms with E-state index in [0.29, 0.717) is 0 Å². The van der Waals surface area contributed by atoms with Gasteiger partial charge in [0, 0.05) is 6.04 Å². The molecule has 2 nitrogen and oxygen atoms in total. The van der Waals surface area contributed by atoms with E-state index >= 15 is 0 Å². The fourth-order valence-corrected chi connectivity index (χ4v) is 1.37. The van der Waals surface area contributed by atoms with E-state index in [1.54, 1.807) is 0 Å². The Kier molecular flexibility index (Phi) is 8.95. The Morgan fingerprint density at radius 1 is 1.25 bits per heavy atom. The summed E-state index contributed by atoms with van der Waals surface area (Å²) in [5, 5.41) is 3.55. The van der Waals surface area contributed by atoms with Gasteiger partial charge in [0.05, 0.1) is 0 Å². The van der Waals surface area contributed by atoms with Crippen molar-refractivity contribution in [2.45, 2.75) is 52.0 Å². The smallest absolute Gasteiger partial charge is 0.00643 e. The first-order valence-electron chi connectivity index (χ1n) is 5.28. The Labute approximate surface area is 76.9 Å².